The molecule has 1 aliphatic heterocycles. The van der Waals surface area contributed by atoms with Gasteiger partial charge in [-0.1, -0.05) is 6.07 Å². The van der Waals surface area contributed by atoms with Crippen LogP contribution in [0.1, 0.15) is 25.3 Å². The Bertz CT molecular complexity index is 362. The summed E-state index contributed by atoms with van der Waals surface area (Å²) in [5.41, 5.74) is 14.1. The highest BCUT2D eigenvalue weighted by atomic mass is 15.2. The van der Waals surface area contributed by atoms with Crippen LogP contribution in [-0.2, 0) is 6.42 Å². The second-order valence-corrected chi connectivity index (χ2v) is 4.74. The van der Waals surface area contributed by atoms with Crippen LogP contribution in [0.2, 0.25) is 0 Å². The molecule has 16 heavy (non-hydrogen) atoms. The Morgan fingerprint density at radius 1 is 1.31 bits per heavy atom. The fourth-order valence-electron chi connectivity index (χ4n) is 2.38. The number of nitrogen functional groups attached to an aromatic ring is 2. The summed E-state index contributed by atoms with van der Waals surface area (Å²) in [7, 11) is 0. The molecule has 0 radical (unpaired) electrons. The second kappa shape index (κ2) is 4.74. The summed E-state index contributed by atoms with van der Waals surface area (Å²) >= 11 is 0. The Kier molecular flexibility index (Phi) is 3.34. The van der Waals surface area contributed by atoms with Gasteiger partial charge in [-0.3, -0.25) is 0 Å². The van der Waals surface area contributed by atoms with Gasteiger partial charge in [0.25, 0.3) is 0 Å². The number of nitrogens with two attached hydrogens (primary N) is 2. The molecule has 3 nitrogen and oxygen atoms in total. The van der Waals surface area contributed by atoms with Crippen molar-refractivity contribution in [3.8, 4) is 0 Å². The van der Waals surface area contributed by atoms with Gasteiger partial charge in [0, 0.05) is 12.6 Å². The van der Waals surface area contributed by atoms with E-state index >= 15 is 0 Å². The zero-order valence-corrected chi connectivity index (χ0v) is 9.95. The van der Waals surface area contributed by atoms with Gasteiger partial charge in [0.1, 0.15) is 0 Å². The SMILES string of the molecule is C[C@@H]1CCCN1CCc1ccc(N)c(N)c1. The van der Waals surface area contributed by atoms with Crippen molar-refractivity contribution in [2.75, 3.05) is 24.6 Å². The molecule has 1 fully saturated rings. The van der Waals surface area contributed by atoms with Gasteiger partial charge in [0.15, 0.2) is 0 Å². The van der Waals surface area contributed by atoms with Crippen molar-refractivity contribution >= 4 is 11.4 Å². The summed E-state index contributed by atoms with van der Waals surface area (Å²) in [5, 5.41) is 0. The van der Waals surface area contributed by atoms with Crippen LogP contribution in [0.3, 0.4) is 0 Å². The van der Waals surface area contributed by atoms with Gasteiger partial charge in [-0.05, 0) is 50.4 Å². The summed E-state index contributed by atoms with van der Waals surface area (Å²) in [4.78, 5) is 2.55. The van der Waals surface area contributed by atoms with Crippen molar-refractivity contribution in [1.82, 2.24) is 4.90 Å². The van der Waals surface area contributed by atoms with Gasteiger partial charge >= 0.3 is 0 Å². The summed E-state index contributed by atoms with van der Waals surface area (Å²) in [6.07, 6.45) is 3.74. The predicted molar refractivity (Wildman–Crippen MR) is 69.2 cm³/mol. The topological polar surface area (TPSA) is 55.3 Å². The molecule has 1 aliphatic rings. The normalized spacial score (nSPS) is 21.4. The minimum Gasteiger partial charge on any atom is -0.397 e. The molecule has 0 spiro atoms. The van der Waals surface area contributed by atoms with Crippen LogP contribution < -0.4 is 11.5 Å². The van der Waals surface area contributed by atoms with E-state index in [-0.39, 0.29) is 0 Å². The fraction of sp³-hybridized carbons (Fsp3) is 0.538. The number of anilines is 2. The van der Waals surface area contributed by atoms with Crippen LogP contribution in [0.4, 0.5) is 11.4 Å². The molecule has 1 heterocycles. The Morgan fingerprint density at radius 3 is 2.75 bits per heavy atom. The first-order chi connectivity index (χ1) is 7.66. The molecule has 1 aromatic carbocycles. The molecule has 1 atom stereocenters. The molecule has 0 unspecified atom stereocenters. The van der Waals surface area contributed by atoms with E-state index in [1.165, 1.54) is 24.9 Å². The van der Waals surface area contributed by atoms with Gasteiger partial charge in [0.2, 0.25) is 0 Å². The third kappa shape index (κ3) is 2.47. The fourth-order valence-corrected chi connectivity index (χ4v) is 2.38. The number of hydrogen-bond acceptors (Lipinski definition) is 3. The standard InChI is InChI=1S/C13H21N3/c1-10-3-2-7-16(10)8-6-11-4-5-12(14)13(15)9-11/h4-5,9-10H,2-3,6-8,14-15H2,1H3/t10-/m1/s1. The van der Waals surface area contributed by atoms with E-state index in [0.29, 0.717) is 11.4 Å². The third-order valence-corrected chi connectivity index (χ3v) is 3.53. The molecule has 1 aromatic rings. The Balaban J connectivity index is 1.91. The van der Waals surface area contributed by atoms with E-state index in [0.717, 1.165) is 19.0 Å². The molecular weight excluding hydrogens is 198 g/mol. The lowest BCUT2D eigenvalue weighted by molar-refractivity contribution is 0.272. The number of hydrogen-bond donors (Lipinski definition) is 2. The molecule has 2 rings (SSSR count). The predicted octanol–water partition coefficient (Wildman–Crippen LogP) is 1.88. The largest absolute Gasteiger partial charge is 0.397 e. The van der Waals surface area contributed by atoms with Crippen molar-refractivity contribution in [3.05, 3.63) is 23.8 Å². The highest BCUT2D eigenvalue weighted by molar-refractivity contribution is 5.63. The minimum absolute atomic E-state index is 0.679. The number of likely N-dealkylation sites (tertiary alicyclic amines) is 1. The molecule has 0 saturated carbocycles. The second-order valence-electron chi connectivity index (χ2n) is 4.74. The van der Waals surface area contributed by atoms with Crippen LogP contribution in [0, 0.1) is 0 Å². The maximum Gasteiger partial charge on any atom is 0.0550 e. The quantitative estimate of drug-likeness (QED) is 0.763. The summed E-state index contributed by atoms with van der Waals surface area (Å²) < 4.78 is 0. The molecule has 3 heteroatoms. The van der Waals surface area contributed by atoms with Crippen LogP contribution in [-0.4, -0.2) is 24.0 Å². The van der Waals surface area contributed by atoms with E-state index in [9.17, 15) is 0 Å². The Morgan fingerprint density at radius 2 is 2.12 bits per heavy atom. The van der Waals surface area contributed by atoms with Crippen molar-refractivity contribution < 1.29 is 0 Å². The monoisotopic (exact) mass is 219 g/mol. The van der Waals surface area contributed by atoms with Crippen molar-refractivity contribution in [2.45, 2.75) is 32.2 Å². The summed E-state index contributed by atoms with van der Waals surface area (Å²) in [5.74, 6) is 0. The average molecular weight is 219 g/mol. The first kappa shape index (κ1) is 11.3. The van der Waals surface area contributed by atoms with Crippen molar-refractivity contribution in [2.24, 2.45) is 0 Å². The third-order valence-electron chi connectivity index (χ3n) is 3.53. The Labute approximate surface area is 97.4 Å². The van der Waals surface area contributed by atoms with E-state index in [4.69, 9.17) is 11.5 Å². The number of rotatable bonds is 3. The highest BCUT2D eigenvalue weighted by Gasteiger charge is 2.19. The average Bonchev–Trinajstić information content (AvgIpc) is 2.66. The molecular formula is C13H21N3. The van der Waals surface area contributed by atoms with Gasteiger partial charge in [-0.15, -0.1) is 0 Å². The minimum atomic E-state index is 0.679. The van der Waals surface area contributed by atoms with Crippen molar-refractivity contribution in [1.29, 1.82) is 0 Å². The van der Waals surface area contributed by atoms with Crippen LogP contribution >= 0.6 is 0 Å². The van der Waals surface area contributed by atoms with Gasteiger partial charge < -0.3 is 16.4 Å². The van der Waals surface area contributed by atoms with Crippen LogP contribution in [0.25, 0.3) is 0 Å². The van der Waals surface area contributed by atoms with Crippen LogP contribution in [0.5, 0.6) is 0 Å². The molecule has 0 bridgehead atoms. The smallest absolute Gasteiger partial charge is 0.0550 e. The molecule has 0 amide bonds. The van der Waals surface area contributed by atoms with E-state index in [2.05, 4.69) is 17.9 Å². The molecule has 88 valence electrons. The highest BCUT2D eigenvalue weighted by Crippen LogP contribution is 2.19. The number of benzene rings is 1. The first-order valence-electron chi connectivity index (χ1n) is 6.05. The zero-order valence-electron chi connectivity index (χ0n) is 9.95. The zero-order chi connectivity index (χ0) is 11.5. The van der Waals surface area contributed by atoms with Crippen LogP contribution in [0.15, 0.2) is 18.2 Å². The maximum absolute atomic E-state index is 5.79. The lowest BCUT2D eigenvalue weighted by Gasteiger charge is -2.20. The Hall–Kier alpha value is -1.22. The van der Waals surface area contributed by atoms with Gasteiger partial charge in [-0.25, -0.2) is 0 Å². The summed E-state index contributed by atoms with van der Waals surface area (Å²) in [6.45, 7) is 4.68. The molecule has 1 saturated heterocycles. The van der Waals surface area contributed by atoms with Gasteiger partial charge in [-0.2, -0.15) is 0 Å². The maximum atomic E-state index is 5.79. The lowest BCUT2D eigenvalue weighted by Crippen LogP contribution is -2.28. The molecule has 0 aromatic heterocycles. The first-order valence-corrected chi connectivity index (χ1v) is 6.05. The van der Waals surface area contributed by atoms with E-state index < -0.39 is 0 Å². The summed E-state index contributed by atoms with van der Waals surface area (Å²) in [6, 6.07) is 6.71. The number of nitrogens with zero attached hydrogens (tertiary/aromatic N) is 1. The molecule has 0 aliphatic carbocycles. The van der Waals surface area contributed by atoms with Crippen molar-refractivity contribution in [3.63, 3.8) is 0 Å². The van der Waals surface area contributed by atoms with E-state index in [1.807, 2.05) is 12.1 Å². The lowest BCUT2D eigenvalue weighted by atomic mass is 10.1. The van der Waals surface area contributed by atoms with E-state index in [1.54, 1.807) is 0 Å². The van der Waals surface area contributed by atoms with Gasteiger partial charge in [0.05, 0.1) is 11.4 Å². The molecule has 4 N–H and O–H groups in total.